The van der Waals surface area contributed by atoms with Gasteiger partial charge in [-0.1, -0.05) is 13.8 Å². The molecule has 0 spiro atoms. The van der Waals surface area contributed by atoms with Crippen LogP contribution in [0.3, 0.4) is 0 Å². The maximum Gasteiger partial charge on any atom is 0.254 e. The van der Waals surface area contributed by atoms with Gasteiger partial charge in [0.2, 0.25) is 0 Å². The number of carbonyl (C=O) groups is 1. The molecule has 0 aromatic carbocycles. The fourth-order valence-electron chi connectivity index (χ4n) is 1.58. The molecule has 17 heavy (non-hydrogen) atoms. The summed E-state index contributed by atoms with van der Waals surface area (Å²) >= 11 is 5.72. The third-order valence-electron chi connectivity index (χ3n) is 2.76. The smallest absolute Gasteiger partial charge is 0.254 e. The molecule has 1 aromatic heterocycles. The number of carbonyl (C=O) groups excluding carboxylic acids is 1. The lowest BCUT2D eigenvalue weighted by atomic mass is 9.90. The van der Waals surface area contributed by atoms with Crippen LogP contribution in [0.5, 0.6) is 0 Å². The van der Waals surface area contributed by atoms with Crippen LogP contribution in [0, 0.1) is 12.3 Å². The number of aromatic nitrogens is 2. The van der Waals surface area contributed by atoms with Gasteiger partial charge < -0.3 is 5.32 Å². The van der Waals surface area contributed by atoms with Gasteiger partial charge in [0.1, 0.15) is 0 Å². The summed E-state index contributed by atoms with van der Waals surface area (Å²) in [4.78, 5) is 11.9. The number of nitrogens with one attached hydrogen (secondary N) is 1. The number of halogens is 1. The molecule has 1 rings (SSSR count). The lowest BCUT2D eigenvalue weighted by Gasteiger charge is -2.23. The summed E-state index contributed by atoms with van der Waals surface area (Å²) in [6.07, 6.45) is 2.61. The molecule has 0 fully saturated rings. The number of aryl methyl sites for hydroxylation is 2. The van der Waals surface area contributed by atoms with E-state index >= 15 is 0 Å². The van der Waals surface area contributed by atoms with Crippen molar-refractivity contribution in [1.29, 1.82) is 0 Å². The van der Waals surface area contributed by atoms with Crippen molar-refractivity contribution >= 4 is 17.5 Å². The number of amides is 1. The van der Waals surface area contributed by atoms with E-state index < -0.39 is 0 Å². The van der Waals surface area contributed by atoms with Crippen molar-refractivity contribution in [2.45, 2.75) is 27.2 Å². The van der Waals surface area contributed by atoms with Gasteiger partial charge in [-0.3, -0.25) is 9.48 Å². The van der Waals surface area contributed by atoms with Gasteiger partial charge in [0, 0.05) is 25.7 Å². The summed E-state index contributed by atoms with van der Waals surface area (Å²) in [6.45, 7) is 6.63. The van der Waals surface area contributed by atoms with Gasteiger partial charge in [-0.15, -0.1) is 11.6 Å². The highest BCUT2D eigenvalue weighted by Crippen LogP contribution is 2.19. The Kier molecular flexibility index (Phi) is 4.57. The van der Waals surface area contributed by atoms with Crippen LogP contribution >= 0.6 is 11.6 Å². The highest BCUT2D eigenvalue weighted by Gasteiger charge is 2.19. The second kappa shape index (κ2) is 5.54. The summed E-state index contributed by atoms with van der Waals surface area (Å²) in [6, 6.07) is 0. The van der Waals surface area contributed by atoms with Crippen LogP contribution < -0.4 is 5.32 Å². The van der Waals surface area contributed by atoms with E-state index in [1.54, 1.807) is 17.9 Å². The molecule has 5 heteroatoms. The molecule has 0 bridgehead atoms. The van der Waals surface area contributed by atoms with Crippen LogP contribution in [-0.2, 0) is 7.05 Å². The Balaban J connectivity index is 2.59. The van der Waals surface area contributed by atoms with Crippen molar-refractivity contribution < 1.29 is 4.79 Å². The second-order valence-corrected chi connectivity index (χ2v) is 5.47. The zero-order valence-corrected chi connectivity index (χ0v) is 11.6. The topological polar surface area (TPSA) is 46.9 Å². The normalized spacial score (nSPS) is 11.6. The first-order valence-corrected chi connectivity index (χ1v) is 6.23. The van der Waals surface area contributed by atoms with Crippen LogP contribution in [0.2, 0.25) is 0 Å². The number of hydrogen-bond acceptors (Lipinski definition) is 2. The Morgan fingerprint density at radius 1 is 1.59 bits per heavy atom. The molecule has 0 unspecified atom stereocenters. The van der Waals surface area contributed by atoms with Crippen molar-refractivity contribution in [3.63, 3.8) is 0 Å². The number of rotatable bonds is 5. The molecule has 1 aromatic rings. The minimum atomic E-state index is -0.0711. The third-order valence-corrected chi connectivity index (χ3v) is 2.95. The number of hydrogen-bond donors (Lipinski definition) is 1. The number of alkyl halides is 1. The van der Waals surface area contributed by atoms with E-state index in [1.165, 1.54) is 0 Å². The van der Waals surface area contributed by atoms with Crippen LogP contribution in [0.4, 0.5) is 0 Å². The molecule has 0 saturated carbocycles. The Morgan fingerprint density at radius 2 is 2.24 bits per heavy atom. The van der Waals surface area contributed by atoms with Crippen molar-refractivity contribution in [2.24, 2.45) is 12.5 Å². The summed E-state index contributed by atoms with van der Waals surface area (Å²) in [5.41, 5.74) is 1.40. The first kappa shape index (κ1) is 14.0. The molecule has 0 atom stereocenters. The molecule has 0 saturated heterocycles. The Morgan fingerprint density at radius 3 is 2.71 bits per heavy atom. The van der Waals surface area contributed by atoms with Gasteiger partial charge >= 0.3 is 0 Å². The van der Waals surface area contributed by atoms with E-state index in [-0.39, 0.29) is 11.3 Å². The number of nitrogens with zero attached hydrogens (tertiary/aromatic N) is 2. The largest absolute Gasteiger partial charge is 0.351 e. The molecule has 0 radical (unpaired) electrons. The van der Waals surface area contributed by atoms with E-state index in [2.05, 4.69) is 24.3 Å². The second-order valence-electron chi connectivity index (χ2n) is 5.09. The zero-order chi connectivity index (χ0) is 13.1. The van der Waals surface area contributed by atoms with E-state index in [9.17, 15) is 4.79 Å². The molecular weight excluding hydrogens is 238 g/mol. The van der Waals surface area contributed by atoms with E-state index in [1.807, 2.05) is 6.92 Å². The molecule has 1 N–H and O–H groups in total. The van der Waals surface area contributed by atoms with Crippen molar-refractivity contribution in [3.05, 3.63) is 17.5 Å². The van der Waals surface area contributed by atoms with Crippen LogP contribution in [-0.4, -0.2) is 28.1 Å². The van der Waals surface area contributed by atoms with Crippen LogP contribution in [0.15, 0.2) is 6.20 Å². The van der Waals surface area contributed by atoms with E-state index in [4.69, 9.17) is 11.6 Å². The maximum atomic E-state index is 11.9. The molecule has 1 amide bonds. The lowest BCUT2D eigenvalue weighted by molar-refractivity contribution is 0.0935. The summed E-state index contributed by atoms with van der Waals surface area (Å²) in [5.74, 6) is 0.535. The molecule has 0 aliphatic heterocycles. The predicted molar refractivity (Wildman–Crippen MR) is 69.4 cm³/mol. The maximum absolute atomic E-state index is 11.9. The highest BCUT2D eigenvalue weighted by atomic mass is 35.5. The monoisotopic (exact) mass is 257 g/mol. The Hall–Kier alpha value is -1.03. The van der Waals surface area contributed by atoms with Crippen molar-refractivity contribution in [3.8, 4) is 0 Å². The van der Waals surface area contributed by atoms with Gasteiger partial charge in [-0.2, -0.15) is 5.10 Å². The van der Waals surface area contributed by atoms with Gasteiger partial charge in [0.05, 0.1) is 11.3 Å². The fraction of sp³-hybridized carbons (Fsp3) is 0.667. The van der Waals surface area contributed by atoms with Gasteiger partial charge in [-0.25, -0.2) is 0 Å². The minimum absolute atomic E-state index is 0.0214. The van der Waals surface area contributed by atoms with Gasteiger partial charge in [0.15, 0.2) is 0 Å². The van der Waals surface area contributed by atoms with Crippen molar-refractivity contribution in [2.75, 3.05) is 12.4 Å². The molecule has 4 nitrogen and oxygen atoms in total. The van der Waals surface area contributed by atoms with Gasteiger partial charge in [0.25, 0.3) is 5.91 Å². The molecule has 0 aliphatic rings. The SMILES string of the molecule is Cc1nn(C)cc1C(=O)NCC(C)(C)CCCl. The molecule has 0 aliphatic carbocycles. The Bertz CT molecular complexity index is 398. The summed E-state index contributed by atoms with van der Waals surface area (Å²) in [7, 11) is 1.81. The average molecular weight is 258 g/mol. The summed E-state index contributed by atoms with van der Waals surface area (Å²) < 4.78 is 1.65. The first-order chi connectivity index (χ1) is 7.85. The van der Waals surface area contributed by atoms with E-state index in [0.717, 1.165) is 12.1 Å². The van der Waals surface area contributed by atoms with Crippen LogP contribution in [0.1, 0.15) is 36.3 Å². The Labute approximate surface area is 107 Å². The summed E-state index contributed by atoms with van der Waals surface area (Å²) in [5, 5.41) is 7.07. The van der Waals surface area contributed by atoms with Gasteiger partial charge in [-0.05, 0) is 18.8 Å². The quantitative estimate of drug-likeness (QED) is 0.822. The lowest BCUT2D eigenvalue weighted by Crippen LogP contribution is -2.34. The molecular formula is C12H20ClN3O. The zero-order valence-electron chi connectivity index (χ0n) is 10.9. The highest BCUT2D eigenvalue weighted by molar-refractivity contribution is 6.17. The van der Waals surface area contributed by atoms with Crippen LogP contribution in [0.25, 0.3) is 0 Å². The fourth-order valence-corrected chi connectivity index (χ4v) is 2.09. The van der Waals surface area contributed by atoms with Crippen molar-refractivity contribution in [1.82, 2.24) is 15.1 Å². The van der Waals surface area contributed by atoms with E-state index in [0.29, 0.717) is 18.0 Å². The molecule has 1 heterocycles. The third kappa shape index (κ3) is 4.04. The predicted octanol–water partition coefficient (Wildman–Crippen LogP) is 2.11. The first-order valence-electron chi connectivity index (χ1n) is 5.70. The standard InChI is InChI=1S/C12H20ClN3O/c1-9-10(7-16(4)15-9)11(17)14-8-12(2,3)5-6-13/h7H,5-6,8H2,1-4H3,(H,14,17). The molecule has 96 valence electrons. The average Bonchev–Trinajstić information content (AvgIpc) is 2.54. The minimum Gasteiger partial charge on any atom is -0.351 e.